The van der Waals surface area contributed by atoms with Gasteiger partial charge in [0.1, 0.15) is 6.54 Å². The lowest BCUT2D eigenvalue weighted by Gasteiger charge is -2.27. The minimum atomic E-state index is -0.390. The van der Waals surface area contributed by atoms with E-state index in [0.29, 0.717) is 5.56 Å². The maximum atomic E-state index is 12.3. The van der Waals surface area contributed by atoms with Crippen LogP contribution in [0.3, 0.4) is 0 Å². The monoisotopic (exact) mass is 251 g/mol. The minimum Gasteiger partial charge on any atom is -0.468 e. The largest absolute Gasteiger partial charge is 0.468 e. The van der Waals surface area contributed by atoms with Gasteiger partial charge >= 0.3 is 5.97 Å². The lowest BCUT2D eigenvalue weighted by Crippen LogP contribution is -2.42. The highest BCUT2D eigenvalue weighted by molar-refractivity contribution is 5.95. The highest BCUT2D eigenvalue weighted by Crippen LogP contribution is 2.24. The Balaban J connectivity index is 2.13. The van der Waals surface area contributed by atoms with E-state index in [0.717, 1.165) is 25.7 Å². The molecule has 1 aromatic rings. The number of aromatic amines is 1. The van der Waals surface area contributed by atoms with Crippen LogP contribution < -0.4 is 0 Å². The van der Waals surface area contributed by atoms with Crippen LogP contribution in [0.2, 0.25) is 0 Å². The van der Waals surface area contributed by atoms with E-state index in [1.807, 2.05) is 0 Å². The van der Waals surface area contributed by atoms with E-state index in [1.165, 1.54) is 13.3 Å². The standard InChI is InChI=1S/C12H17N3O3/c1-18-11(16)8-15(10-4-2-3-5-10)12(17)9-6-13-14-7-9/h6-7,10H,2-5,8H2,1H3,(H,13,14). The fraction of sp³-hybridized carbons (Fsp3) is 0.583. The fourth-order valence-corrected chi connectivity index (χ4v) is 2.32. The molecular weight excluding hydrogens is 234 g/mol. The molecular formula is C12H17N3O3. The van der Waals surface area contributed by atoms with Crippen molar-refractivity contribution in [3.8, 4) is 0 Å². The molecule has 1 amide bonds. The molecule has 6 nitrogen and oxygen atoms in total. The van der Waals surface area contributed by atoms with Gasteiger partial charge in [-0.15, -0.1) is 0 Å². The average Bonchev–Trinajstić information content (AvgIpc) is 3.06. The zero-order chi connectivity index (χ0) is 13.0. The Hall–Kier alpha value is -1.85. The van der Waals surface area contributed by atoms with Gasteiger partial charge in [-0.2, -0.15) is 5.10 Å². The molecule has 0 spiro atoms. The second kappa shape index (κ2) is 5.66. The number of amides is 1. The first kappa shape index (κ1) is 12.6. The molecule has 1 heterocycles. The Bertz CT molecular complexity index is 410. The lowest BCUT2D eigenvalue weighted by molar-refractivity contribution is -0.141. The van der Waals surface area contributed by atoms with E-state index < -0.39 is 5.97 Å². The topological polar surface area (TPSA) is 75.3 Å². The SMILES string of the molecule is COC(=O)CN(C(=O)c1cn[nH]c1)C1CCCC1. The van der Waals surface area contributed by atoms with Crippen LogP contribution in [0.1, 0.15) is 36.0 Å². The molecule has 98 valence electrons. The van der Waals surface area contributed by atoms with Gasteiger partial charge in [-0.25, -0.2) is 0 Å². The number of nitrogens with zero attached hydrogens (tertiary/aromatic N) is 2. The third-order valence-corrected chi connectivity index (χ3v) is 3.30. The van der Waals surface area contributed by atoms with Gasteiger partial charge in [-0.3, -0.25) is 14.7 Å². The normalized spacial score (nSPS) is 15.6. The molecule has 0 aromatic carbocycles. The van der Waals surface area contributed by atoms with Crippen LogP contribution in [0.5, 0.6) is 0 Å². The zero-order valence-corrected chi connectivity index (χ0v) is 10.4. The average molecular weight is 251 g/mol. The maximum absolute atomic E-state index is 12.3. The Kier molecular flexibility index (Phi) is 3.96. The smallest absolute Gasteiger partial charge is 0.325 e. The zero-order valence-electron chi connectivity index (χ0n) is 10.4. The molecule has 0 bridgehead atoms. The molecule has 0 radical (unpaired) electrons. The van der Waals surface area contributed by atoms with Crippen molar-refractivity contribution in [2.24, 2.45) is 0 Å². The summed E-state index contributed by atoms with van der Waals surface area (Å²) in [5, 5.41) is 6.37. The summed E-state index contributed by atoms with van der Waals surface area (Å²) in [6, 6.07) is 0.131. The van der Waals surface area contributed by atoms with Crippen LogP contribution in [0.15, 0.2) is 12.4 Å². The van der Waals surface area contributed by atoms with Crippen molar-refractivity contribution < 1.29 is 14.3 Å². The lowest BCUT2D eigenvalue weighted by atomic mass is 10.2. The number of methoxy groups -OCH3 is 1. The summed E-state index contributed by atoms with van der Waals surface area (Å²) in [7, 11) is 1.33. The van der Waals surface area contributed by atoms with Gasteiger partial charge in [0.05, 0.1) is 18.9 Å². The minimum absolute atomic E-state index is 0.00514. The third kappa shape index (κ3) is 2.69. The highest BCUT2D eigenvalue weighted by atomic mass is 16.5. The van der Waals surface area contributed by atoms with Gasteiger partial charge in [0.15, 0.2) is 0 Å². The van der Waals surface area contributed by atoms with Gasteiger partial charge < -0.3 is 9.64 Å². The maximum Gasteiger partial charge on any atom is 0.325 e. The summed E-state index contributed by atoms with van der Waals surface area (Å²) in [5.74, 6) is -0.556. The second-order valence-corrected chi connectivity index (χ2v) is 4.43. The highest BCUT2D eigenvalue weighted by Gasteiger charge is 2.29. The van der Waals surface area contributed by atoms with E-state index in [9.17, 15) is 9.59 Å². The van der Waals surface area contributed by atoms with Crippen LogP contribution in [0.25, 0.3) is 0 Å². The summed E-state index contributed by atoms with van der Waals surface area (Å²) < 4.78 is 4.65. The first-order chi connectivity index (χ1) is 8.72. The molecule has 1 saturated carbocycles. The van der Waals surface area contributed by atoms with Crippen molar-refractivity contribution in [2.75, 3.05) is 13.7 Å². The van der Waals surface area contributed by atoms with E-state index in [1.54, 1.807) is 11.1 Å². The van der Waals surface area contributed by atoms with Gasteiger partial charge in [0.2, 0.25) is 0 Å². The summed E-state index contributed by atoms with van der Waals surface area (Å²) in [6.45, 7) is 0.00514. The Morgan fingerprint density at radius 1 is 1.50 bits per heavy atom. The first-order valence-electron chi connectivity index (χ1n) is 6.09. The van der Waals surface area contributed by atoms with Crippen molar-refractivity contribution in [3.63, 3.8) is 0 Å². The van der Waals surface area contributed by atoms with Crippen LogP contribution in [-0.2, 0) is 9.53 Å². The molecule has 1 N–H and O–H groups in total. The van der Waals surface area contributed by atoms with Crippen molar-refractivity contribution >= 4 is 11.9 Å². The molecule has 0 saturated heterocycles. The number of rotatable bonds is 4. The third-order valence-electron chi connectivity index (χ3n) is 3.30. The van der Waals surface area contributed by atoms with Crippen molar-refractivity contribution in [1.82, 2.24) is 15.1 Å². The predicted molar refractivity (Wildman–Crippen MR) is 63.9 cm³/mol. The predicted octanol–water partition coefficient (Wildman–Crippen LogP) is 0.967. The summed E-state index contributed by atoms with van der Waals surface area (Å²) in [6.07, 6.45) is 7.10. The van der Waals surface area contributed by atoms with Crippen molar-refractivity contribution in [1.29, 1.82) is 0 Å². The van der Waals surface area contributed by atoms with Gasteiger partial charge in [-0.1, -0.05) is 12.8 Å². The quantitative estimate of drug-likeness (QED) is 0.809. The Morgan fingerprint density at radius 3 is 2.78 bits per heavy atom. The van der Waals surface area contributed by atoms with E-state index in [4.69, 9.17) is 0 Å². The molecule has 0 unspecified atom stereocenters. The summed E-state index contributed by atoms with van der Waals surface area (Å²) in [4.78, 5) is 25.3. The Morgan fingerprint density at radius 2 is 2.22 bits per heavy atom. The van der Waals surface area contributed by atoms with E-state index in [2.05, 4.69) is 14.9 Å². The number of hydrogen-bond acceptors (Lipinski definition) is 4. The molecule has 18 heavy (non-hydrogen) atoms. The summed E-state index contributed by atoms with van der Waals surface area (Å²) >= 11 is 0. The molecule has 2 rings (SSSR count). The molecule has 0 atom stereocenters. The van der Waals surface area contributed by atoms with Gasteiger partial charge in [-0.05, 0) is 12.8 Å². The number of H-pyrrole nitrogens is 1. The van der Waals surface area contributed by atoms with Crippen molar-refractivity contribution in [3.05, 3.63) is 18.0 Å². The number of nitrogens with one attached hydrogen (secondary N) is 1. The number of ether oxygens (including phenoxy) is 1. The number of esters is 1. The van der Waals surface area contributed by atoms with Gasteiger partial charge in [0, 0.05) is 12.2 Å². The van der Waals surface area contributed by atoms with Gasteiger partial charge in [0.25, 0.3) is 5.91 Å². The number of carbonyl (C=O) groups excluding carboxylic acids is 2. The molecule has 1 aliphatic rings. The van der Waals surface area contributed by atoms with Crippen LogP contribution in [0, 0.1) is 0 Å². The van der Waals surface area contributed by atoms with E-state index in [-0.39, 0.29) is 18.5 Å². The van der Waals surface area contributed by atoms with E-state index >= 15 is 0 Å². The van der Waals surface area contributed by atoms with Crippen LogP contribution in [-0.4, -0.2) is 46.7 Å². The Labute approximate surface area is 105 Å². The number of hydrogen-bond donors (Lipinski definition) is 1. The molecule has 6 heteroatoms. The molecule has 1 aliphatic carbocycles. The first-order valence-corrected chi connectivity index (χ1v) is 6.09. The fourth-order valence-electron chi connectivity index (χ4n) is 2.32. The van der Waals surface area contributed by atoms with Crippen LogP contribution >= 0.6 is 0 Å². The molecule has 0 aliphatic heterocycles. The number of carbonyl (C=O) groups is 2. The molecule has 1 aromatic heterocycles. The second-order valence-electron chi connectivity index (χ2n) is 4.43. The van der Waals surface area contributed by atoms with Crippen molar-refractivity contribution in [2.45, 2.75) is 31.7 Å². The van der Waals surface area contributed by atoms with Crippen LogP contribution in [0.4, 0.5) is 0 Å². The molecule has 1 fully saturated rings. The summed E-state index contributed by atoms with van der Waals surface area (Å²) in [5.41, 5.74) is 0.478. The number of aromatic nitrogens is 2.